The summed E-state index contributed by atoms with van der Waals surface area (Å²) in [4.78, 5) is 10.6. The molecule has 1 aromatic carbocycles. The average Bonchev–Trinajstić information content (AvgIpc) is 2.37. The van der Waals surface area contributed by atoms with Crippen molar-refractivity contribution in [2.45, 2.75) is 45.1 Å². The number of carbonyl (C=O) groups is 1. The number of benzene rings is 1. The van der Waals surface area contributed by atoms with Gasteiger partial charge in [0.05, 0.1) is 12.5 Å². The fourth-order valence-corrected chi connectivity index (χ4v) is 2.18. The molecular weight excluding hydrogens is 274 g/mol. The molecule has 0 heterocycles. The molecule has 110 valence electrons. The number of aliphatic hydroxyl groups excluding tert-OH is 1. The zero-order valence-corrected chi connectivity index (χ0v) is 12.6. The minimum Gasteiger partial charge on any atom is -0.393 e. The van der Waals surface area contributed by atoms with Crippen LogP contribution in [0.15, 0.2) is 35.4 Å². The van der Waals surface area contributed by atoms with Crippen LogP contribution in [0.25, 0.3) is 0 Å². The second-order valence-electron chi connectivity index (χ2n) is 5.07. The Balaban J connectivity index is 2.28. The van der Waals surface area contributed by atoms with E-state index in [1.54, 1.807) is 0 Å². The molecule has 0 aliphatic rings. The molecule has 0 unspecified atom stereocenters. The summed E-state index contributed by atoms with van der Waals surface area (Å²) < 4.78 is 0. The van der Waals surface area contributed by atoms with Crippen LogP contribution in [0, 0.1) is 6.92 Å². The SMILES string of the molecule is Cc1ccc(CC(Cl)=CCCC[C@@H](O)CC(N)=O)cc1. The van der Waals surface area contributed by atoms with E-state index in [1.807, 2.05) is 6.08 Å². The van der Waals surface area contributed by atoms with Gasteiger partial charge < -0.3 is 10.8 Å². The quantitative estimate of drug-likeness (QED) is 0.724. The molecule has 3 nitrogen and oxygen atoms in total. The first-order chi connectivity index (χ1) is 9.47. The van der Waals surface area contributed by atoms with Crippen molar-refractivity contribution in [3.8, 4) is 0 Å². The summed E-state index contributed by atoms with van der Waals surface area (Å²) in [7, 11) is 0. The molecule has 0 spiro atoms. The molecular formula is C16H22ClNO2. The number of allylic oxidation sites excluding steroid dienone is 2. The van der Waals surface area contributed by atoms with Crippen molar-refractivity contribution in [2.75, 3.05) is 0 Å². The van der Waals surface area contributed by atoms with Gasteiger partial charge in [0.2, 0.25) is 5.91 Å². The van der Waals surface area contributed by atoms with Crippen molar-refractivity contribution in [1.29, 1.82) is 0 Å². The standard InChI is InChI=1S/C16H22ClNO2/c1-12-6-8-13(9-7-12)10-14(17)4-2-3-5-15(19)11-16(18)20/h4,6-9,15,19H,2-3,5,10-11H2,1H3,(H2,18,20)/t15-/m1/s1. The number of rotatable bonds is 8. The van der Waals surface area contributed by atoms with Gasteiger partial charge in [-0.2, -0.15) is 0 Å². The molecule has 20 heavy (non-hydrogen) atoms. The summed E-state index contributed by atoms with van der Waals surface area (Å²) in [5, 5.41) is 10.3. The maximum Gasteiger partial charge on any atom is 0.220 e. The van der Waals surface area contributed by atoms with Crippen LogP contribution in [0.5, 0.6) is 0 Å². The molecule has 1 atom stereocenters. The van der Waals surface area contributed by atoms with Gasteiger partial charge in [0.15, 0.2) is 0 Å². The van der Waals surface area contributed by atoms with Crippen LogP contribution in [0.2, 0.25) is 0 Å². The molecule has 0 aromatic heterocycles. The maximum absolute atomic E-state index is 10.6. The Kier molecular flexibility index (Phi) is 7.34. The summed E-state index contributed by atoms with van der Waals surface area (Å²) in [5.41, 5.74) is 7.43. The molecule has 0 fully saturated rings. The molecule has 0 radical (unpaired) electrons. The molecule has 0 bridgehead atoms. The van der Waals surface area contributed by atoms with Crippen LogP contribution in [0.1, 0.15) is 36.8 Å². The summed E-state index contributed by atoms with van der Waals surface area (Å²) in [6, 6.07) is 8.28. The Hall–Kier alpha value is -1.32. The van der Waals surface area contributed by atoms with E-state index in [1.165, 1.54) is 11.1 Å². The molecule has 3 N–H and O–H groups in total. The van der Waals surface area contributed by atoms with Crippen molar-refractivity contribution in [2.24, 2.45) is 5.73 Å². The summed E-state index contributed by atoms with van der Waals surface area (Å²) in [6.07, 6.45) is 4.23. The van der Waals surface area contributed by atoms with E-state index >= 15 is 0 Å². The number of hydrogen-bond donors (Lipinski definition) is 2. The van der Waals surface area contributed by atoms with E-state index in [4.69, 9.17) is 17.3 Å². The number of primary amides is 1. The molecule has 1 aromatic rings. The first-order valence-electron chi connectivity index (χ1n) is 6.84. The van der Waals surface area contributed by atoms with Crippen LogP contribution >= 0.6 is 11.6 Å². The van der Waals surface area contributed by atoms with Gasteiger partial charge in [0, 0.05) is 11.5 Å². The molecule has 4 heteroatoms. The maximum atomic E-state index is 10.6. The van der Waals surface area contributed by atoms with Gasteiger partial charge in [0.25, 0.3) is 0 Å². The molecule has 0 aliphatic carbocycles. The first-order valence-corrected chi connectivity index (χ1v) is 7.21. The Bertz CT molecular complexity index is 454. The molecule has 1 amide bonds. The number of nitrogens with two attached hydrogens (primary N) is 1. The number of amides is 1. The minimum atomic E-state index is -0.642. The lowest BCUT2D eigenvalue weighted by atomic mass is 10.1. The lowest BCUT2D eigenvalue weighted by Gasteiger charge is -2.06. The van der Waals surface area contributed by atoms with Crippen LogP contribution in [0.3, 0.4) is 0 Å². The normalized spacial score (nSPS) is 13.2. The number of aliphatic hydroxyl groups is 1. The Morgan fingerprint density at radius 2 is 2.05 bits per heavy atom. The second-order valence-corrected chi connectivity index (χ2v) is 5.55. The van der Waals surface area contributed by atoms with Crippen LogP contribution in [0.4, 0.5) is 0 Å². The van der Waals surface area contributed by atoms with E-state index in [9.17, 15) is 9.90 Å². The highest BCUT2D eigenvalue weighted by molar-refractivity contribution is 6.29. The fourth-order valence-electron chi connectivity index (χ4n) is 1.92. The molecule has 0 saturated heterocycles. The smallest absolute Gasteiger partial charge is 0.220 e. The van der Waals surface area contributed by atoms with Gasteiger partial charge >= 0.3 is 0 Å². The van der Waals surface area contributed by atoms with Gasteiger partial charge in [-0.15, -0.1) is 0 Å². The highest BCUT2D eigenvalue weighted by Crippen LogP contribution is 2.15. The topological polar surface area (TPSA) is 63.3 Å². The lowest BCUT2D eigenvalue weighted by molar-refractivity contribution is -0.119. The Morgan fingerprint density at radius 3 is 2.65 bits per heavy atom. The molecule has 0 saturated carbocycles. The second kappa shape index (κ2) is 8.77. The summed E-state index contributed by atoms with van der Waals surface area (Å²) in [6.45, 7) is 2.05. The number of aryl methyl sites for hydroxylation is 1. The van der Waals surface area contributed by atoms with Gasteiger partial charge in [-0.1, -0.05) is 47.5 Å². The number of carbonyl (C=O) groups excluding carboxylic acids is 1. The predicted molar refractivity (Wildman–Crippen MR) is 82.5 cm³/mol. The van der Waals surface area contributed by atoms with Crippen molar-refractivity contribution in [1.82, 2.24) is 0 Å². The lowest BCUT2D eigenvalue weighted by Crippen LogP contribution is -2.19. The third-order valence-electron chi connectivity index (χ3n) is 3.04. The van der Waals surface area contributed by atoms with Crippen molar-refractivity contribution in [3.63, 3.8) is 0 Å². The van der Waals surface area contributed by atoms with Crippen LogP contribution < -0.4 is 5.73 Å². The van der Waals surface area contributed by atoms with Crippen molar-refractivity contribution < 1.29 is 9.90 Å². The predicted octanol–water partition coefficient (Wildman–Crippen LogP) is 3.07. The average molecular weight is 296 g/mol. The van der Waals surface area contributed by atoms with E-state index in [0.29, 0.717) is 6.42 Å². The Morgan fingerprint density at radius 1 is 1.40 bits per heavy atom. The monoisotopic (exact) mass is 295 g/mol. The van der Waals surface area contributed by atoms with E-state index < -0.39 is 12.0 Å². The van der Waals surface area contributed by atoms with E-state index in [-0.39, 0.29) is 6.42 Å². The highest BCUT2D eigenvalue weighted by Gasteiger charge is 2.06. The van der Waals surface area contributed by atoms with Gasteiger partial charge in [-0.05, 0) is 31.7 Å². The number of unbranched alkanes of at least 4 members (excludes halogenated alkanes) is 1. The van der Waals surface area contributed by atoms with Gasteiger partial charge in [-0.25, -0.2) is 0 Å². The zero-order valence-electron chi connectivity index (χ0n) is 11.8. The van der Waals surface area contributed by atoms with E-state index in [2.05, 4.69) is 31.2 Å². The molecule has 1 rings (SSSR count). The largest absolute Gasteiger partial charge is 0.393 e. The summed E-state index contributed by atoms with van der Waals surface area (Å²) in [5.74, 6) is -0.467. The van der Waals surface area contributed by atoms with Crippen molar-refractivity contribution >= 4 is 17.5 Å². The fraction of sp³-hybridized carbons (Fsp3) is 0.438. The summed E-state index contributed by atoms with van der Waals surface area (Å²) >= 11 is 6.18. The van der Waals surface area contributed by atoms with E-state index in [0.717, 1.165) is 24.3 Å². The number of hydrogen-bond acceptors (Lipinski definition) is 2. The minimum absolute atomic E-state index is 0.0286. The van der Waals surface area contributed by atoms with Crippen LogP contribution in [-0.2, 0) is 11.2 Å². The first kappa shape index (κ1) is 16.7. The number of halogens is 1. The van der Waals surface area contributed by atoms with Crippen molar-refractivity contribution in [3.05, 3.63) is 46.5 Å². The van der Waals surface area contributed by atoms with Crippen LogP contribution in [-0.4, -0.2) is 17.1 Å². The Labute approximate surface area is 125 Å². The highest BCUT2D eigenvalue weighted by atomic mass is 35.5. The van der Waals surface area contributed by atoms with Gasteiger partial charge in [0.1, 0.15) is 0 Å². The molecule has 0 aliphatic heterocycles. The third-order valence-corrected chi connectivity index (χ3v) is 3.33. The van der Waals surface area contributed by atoms with Gasteiger partial charge in [-0.3, -0.25) is 4.79 Å². The third kappa shape index (κ3) is 7.31. The zero-order chi connectivity index (χ0) is 15.0.